The van der Waals surface area contributed by atoms with Crippen LogP contribution in [-0.2, 0) is 6.54 Å². The number of methoxy groups -OCH3 is 2. The minimum Gasteiger partial charge on any atom is -0.493 e. The van der Waals surface area contributed by atoms with E-state index < -0.39 is 0 Å². The van der Waals surface area contributed by atoms with Gasteiger partial charge in [0.05, 0.1) is 31.5 Å². The van der Waals surface area contributed by atoms with E-state index in [0.717, 1.165) is 16.6 Å². The molecule has 1 aromatic heterocycles. The first-order valence-corrected chi connectivity index (χ1v) is 9.31. The van der Waals surface area contributed by atoms with Gasteiger partial charge in [-0.2, -0.15) is 9.78 Å². The summed E-state index contributed by atoms with van der Waals surface area (Å²) in [7, 11) is 3.24. The van der Waals surface area contributed by atoms with Gasteiger partial charge in [0.25, 0.3) is 0 Å². The van der Waals surface area contributed by atoms with Crippen LogP contribution in [0.2, 0.25) is 0 Å². The third-order valence-electron chi connectivity index (χ3n) is 4.58. The van der Waals surface area contributed by atoms with Crippen molar-refractivity contribution in [2.75, 3.05) is 19.5 Å². The number of rotatable bonds is 7. The molecule has 0 saturated carbocycles. The van der Waals surface area contributed by atoms with Gasteiger partial charge >= 0.3 is 0 Å². The van der Waals surface area contributed by atoms with Crippen molar-refractivity contribution in [2.24, 2.45) is 5.10 Å². The monoisotopic (exact) mass is 386 g/mol. The first kappa shape index (κ1) is 18.6. The van der Waals surface area contributed by atoms with Crippen LogP contribution >= 0.6 is 0 Å². The van der Waals surface area contributed by atoms with E-state index in [-0.39, 0.29) is 0 Å². The molecule has 0 atom stereocenters. The zero-order chi connectivity index (χ0) is 20.1. The van der Waals surface area contributed by atoms with Crippen molar-refractivity contribution in [1.29, 1.82) is 0 Å². The molecule has 1 N–H and O–H groups in total. The van der Waals surface area contributed by atoms with Crippen LogP contribution in [-0.4, -0.2) is 30.1 Å². The fourth-order valence-electron chi connectivity index (χ4n) is 3.16. The fraction of sp³-hybridized carbons (Fsp3) is 0.130. The van der Waals surface area contributed by atoms with E-state index in [9.17, 15) is 0 Å². The number of nitrogens with zero attached hydrogens (tertiary/aromatic N) is 3. The van der Waals surface area contributed by atoms with Gasteiger partial charge in [-0.05, 0) is 29.8 Å². The number of hydrogen-bond donors (Lipinski definition) is 1. The molecule has 4 aromatic rings. The Kier molecular flexibility index (Phi) is 5.42. The third kappa shape index (κ3) is 3.91. The Hall–Kier alpha value is -3.80. The second kappa shape index (κ2) is 8.48. The molecule has 0 unspecified atom stereocenters. The van der Waals surface area contributed by atoms with Gasteiger partial charge in [-0.1, -0.05) is 48.5 Å². The summed E-state index contributed by atoms with van der Waals surface area (Å²) in [5.41, 5.74) is 3.78. The molecule has 0 fully saturated rings. The van der Waals surface area contributed by atoms with E-state index in [2.05, 4.69) is 17.4 Å². The van der Waals surface area contributed by atoms with E-state index in [0.29, 0.717) is 24.0 Å². The minimum absolute atomic E-state index is 0.641. The quantitative estimate of drug-likeness (QED) is 0.474. The molecule has 0 bridgehead atoms. The lowest BCUT2D eigenvalue weighted by Crippen LogP contribution is -2.05. The second-order valence-electron chi connectivity index (χ2n) is 6.40. The topological polar surface area (TPSA) is 60.7 Å². The zero-order valence-electron chi connectivity index (χ0n) is 16.4. The molecule has 0 spiro atoms. The predicted octanol–water partition coefficient (Wildman–Crippen LogP) is 4.55. The largest absolute Gasteiger partial charge is 0.493 e. The lowest BCUT2D eigenvalue weighted by Gasteiger charge is -2.10. The second-order valence-corrected chi connectivity index (χ2v) is 6.40. The third-order valence-corrected chi connectivity index (χ3v) is 4.58. The Morgan fingerprint density at radius 2 is 1.72 bits per heavy atom. The van der Waals surface area contributed by atoms with Crippen LogP contribution in [0, 0.1) is 0 Å². The molecule has 0 aliphatic carbocycles. The average Bonchev–Trinajstić information content (AvgIpc) is 3.14. The summed E-state index contributed by atoms with van der Waals surface area (Å²) in [6.45, 7) is 0.655. The maximum Gasteiger partial charge on any atom is 0.225 e. The summed E-state index contributed by atoms with van der Waals surface area (Å²) in [6.07, 6.45) is 1.75. The Balaban J connectivity index is 1.70. The minimum atomic E-state index is 0.641. The maximum absolute atomic E-state index is 5.50. The summed E-state index contributed by atoms with van der Waals surface area (Å²) in [5, 5.41) is 8.08. The van der Waals surface area contributed by atoms with Crippen LogP contribution in [0.25, 0.3) is 11.0 Å². The van der Waals surface area contributed by atoms with Crippen LogP contribution in [0.3, 0.4) is 0 Å². The van der Waals surface area contributed by atoms with Gasteiger partial charge in [0.1, 0.15) is 0 Å². The first-order valence-electron chi connectivity index (χ1n) is 9.31. The van der Waals surface area contributed by atoms with Crippen molar-refractivity contribution in [2.45, 2.75) is 6.54 Å². The normalized spacial score (nSPS) is 11.1. The van der Waals surface area contributed by atoms with Crippen LogP contribution in [0.4, 0.5) is 5.95 Å². The molecule has 6 heteroatoms. The molecule has 0 aliphatic rings. The van der Waals surface area contributed by atoms with Crippen LogP contribution in [0.15, 0.2) is 77.9 Å². The summed E-state index contributed by atoms with van der Waals surface area (Å²) < 4.78 is 12.7. The first-order chi connectivity index (χ1) is 14.3. The van der Waals surface area contributed by atoms with Gasteiger partial charge in [0, 0.05) is 12.1 Å². The molecule has 0 radical (unpaired) electrons. The van der Waals surface area contributed by atoms with Crippen LogP contribution in [0.5, 0.6) is 11.5 Å². The molecular weight excluding hydrogens is 364 g/mol. The Bertz CT molecular complexity index is 1140. The number of nitrogens with one attached hydrogen (secondary N) is 1. The molecule has 146 valence electrons. The number of ether oxygens (including phenoxy) is 2. The van der Waals surface area contributed by atoms with Crippen LogP contribution < -0.4 is 14.8 Å². The van der Waals surface area contributed by atoms with E-state index in [1.807, 2.05) is 60.7 Å². The fourth-order valence-corrected chi connectivity index (χ4v) is 3.16. The number of imidazole rings is 1. The lowest BCUT2D eigenvalue weighted by atomic mass is 10.2. The maximum atomic E-state index is 5.50. The number of aromatic nitrogens is 2. The van der Waals surface area contributed by atoms with Gasteiger partial charge < -0.3 is 14.8 Å². The summed E-state index contributed by atoms with van der Waals surface area (Å²) in [6, 6.07) is 23.8. The molecule has 0 amide bonds. The van der Waals surface area contributed by atoms with Gasteiger partial charge in [0.15, 0.2) is 11.5 Å². The van der Waals surface area contributed by atoms with Crippen molar-refractivity contribution in [3.63, 3.8) is 0 Å². The smallest absolute Gasteiger partial charge is 0.225 e. The molecule has 1 heterocycles. The standard InChI is InChI=1S/C23H22N4O2/c1-28-21-14-8-11-18(22(21)29-2)16-25-27-20-13-7-6-12-19(20)26-23(27)24-15-17-9-4-3-5-10-17/h3-14,16H,15H2,1-2H3,(H,24,26)/b25-16-. The Morgan fingerprint density at radius 1 is 0.931 bits per heavy atom. The highest BCUT2D eigenvalue weighted by atomic mass is 16.5. The van der Waals surface area contributed by atoms with Gasteiger partial charge in [0.2, 0.25) is 5.95 Å². The molecule has 3 aromatic carbocycles. The van der Waals surface area contributed by atoms with Crippen molar-refractivity contribution in [3.05, 3.63) is 83.9 Å². The summed E-state index contributed by atoms with van der Waals surface area (Å²) in [5.74, 6) is 1.98. The number of benzene rings is 3. The highest BCUT2D eigenvalue weighted by Gasteiger charge is 2.11. The lowest BCUT2D eigenvalue weighted by molar-refractivity contribution is 0.354. The Morgan fingerprint density at radius 3 is 2.52 bits per heavy atom. The van der Waals surface area contributed by atoms with Crippen molar-refractivity contribution < 1.29 is 9.47 Å². The molecular formula is C23H22N4O2. The highest BCUT2D eigenvalue weighted by Crippen LogP contribution is 2.29. The molecule has 6 nitrogen and oxygen atoms in total. The molecule has 0 aliphatic heterocycles. The zero-order valence-corrected chi connectivity index (χ0v) is 16.4. The van der Waals surface area contributed by atoms with Gasteiger partial charge in [-0.15, -0.1) is 0 Å². The number of fused-ring (bicyclic) bond motifs is 1. The van der Waals surface area contributed by atoms with Gasteiger partial charge in [-0.25, -0.2) is 4.98 Å². The molecule has 0 saturated heterocycles. The van der Waals surface area contributed by atoms with E-state index >= 15 is 0 Å². The van der Waals surface area contributed by atoms with Crippen molar-refractivity contribution in [1.82, 2.24) is 9.66 Å². The summed E-state index contributed by atoms with van der Waals surface area (Å²) >= 11 is 0. The summed E-state index contributed by atoms with van der Waals surface area (Å²) in [4.78, 5) is 4.70. The van der Waals surface area contributed by atoms with Crippen molar-refractivity contribution >= 4 is 23.2 Å². The highest BCUT2D eigenvalue weighted by molar-refractivity contribution is 5.86. The number of hydrogen-bond acceptors (Lipinski definition) is 5. The molecule has 4 rings (SSSR count). The van der Waals surface area contributed by atoms with Gasteiger partial charge in [-0.3, -0.25) is 0 Å². The van der Waals surface area contributed by atoms with E-state index in [1.54, 1.807) is 25.1 Å². The Labute approximate surface area is 169 Å². The van der Waals surface area contributed by atoms with E-state index in [1.165, 1.54) is 5.56 Å². The van der Waals surface area contributed by atoms with Crippen molar-refractivity contribution in [3.8, 4) is 11.5 Å². The molecule has 29 heavy (non-hydrogen) atoms. The SMILES string of the molecule is COc1cccc(/C=N\n2c(NCc3ccccc3)nc3ccccc32)c1OC. The van der Waals surface area contributed by atoms with E-state index in [4.69, 9.17) is 19.6 Å². The predicted molar refractivity (Wildman–Crippen MR) is 116 cm³/mol. The average molecular weight is 386 g/mol. The van der Waals surface area contributed by atoms with Crippen LogP contribution in [0.1, 0.15) is 11.1 Å². The number of para-hydroxylation sites is 3. The number of anilines is 1.